The minimum Gasteiger partial charge on any atom is -0.478 e. The van der Waals surface area contributed by atoms with E-state index in [1.54, 1.807) is 0 Å². The minimum absolute atomic E-state index is 0.00409. The number of aromatic carboxylic acids is 2. The Balaban J connectivity index is 0.000000179. The molecule has 0 aliphatic rings. The first-order chi connectivity index (χ1) is 28.1. The number of anilines is 2. The number of nitrogens with one attached hydrogen (secondary N) is 2. The van der Waals surface area contributed by atoms with Gasteiger partial charge in [0.05, 0.1) is 5.02 Å². The summed E-state index contributed by atoms with van der Waals surface area (Å²) in [5.74, 6) is -9.54. The van der Waals surface area contributed by atoms with Gasteiger partial charge >= 0.3 is 23.8 Å². The Bertz CT molecular complexity index is 3020. The van der Waals surface area contributed by atoms with Crippen LogP contribution in [0.15, 0.2) is 86.3 Å². The highest BCUT2D eigenvalue weighted by molar-refractivity contribution is 7.15. The number of hydrogen-bond acceptors (Lipinski definition) is 10. The molecule has 0 unspecified atom stereocenters. The molecule has 0 bridgehead atoms. The van der Waals surface area contributed by atoms with Gasteiger partial charge in [0.2, 0.25) is 0 Å². The van der Waals surface area contributed by atoms with Gasteiger partial charge in [0.25, 0.3) is 11.8 Å². The molecule has 0 atom stereocenters. The quantitative estimate of drug-likeness (QED) is 0.107. The molecule has 4 N–H and O–H groups in total. The molecule has 0 aliphatic heterocycles. The summed E-state index contributed by atoms with van der Waals surface area (Å²) < 4.78 is 79.5. The van der Waals surface area contributed by atoms with Crippen LogP contribution in [0.4, 0.5) is 32.0 Å². The van der Waals surface area contributed by atoms with Crippen molar-refractivity contribution in [3.8, 4) is 22.3 Å². The first kappa shape index (κ1) is 40.2. The van der Waals surface area contributed by atoms with Crippen LogP contribution in [-0.4, -0.2) is 43.9 Å². The van der Waals surface area contributed by atoms with Crippen LogP contribution in [0.1, 0.15) is 47.6 Å². The molecule has 0 fully saturated rings. The molecule has 0 aliphatic carbocycles. The number of oxazole rings is 2. The summed E-state index contributed by atoms with van der Waals surface area (Å²) in [4.78, 5) is 56.3. The van der Waals surface area contributed by atoms with Crippen LogP contribution in [0.3, 0.4) is 0 Å². The van der Waals surface area contributed by atoms with Crippen molar-refractivity contribution in [2.24, 2.45) is 0 Å². The topological polar surface area (TPSA) is 185 Å². The molecule has 8 aromatic rings. The molecule has 12 nitrogen and oxygen atoms in total. The van der Waals surface area contributed by atoms with Gasteiger partial charge < -0.3 is 29.7 Å². The molecule has 0 saturated heterocycles. The van der Waals surface area contributed by atoms with E-state index in [4.69, 9.17) is 20.4 Å². The molecule has 298 valence electrons. The predicted octanol–water partition coefficient (Wildman–Crippen LogP) is 10.7. The number of aryl methyl sites for hydroxylation is 1. The van der Waals surface area contributed by atoms with Crippen molar-refractivity contribution < 1.29 is 60.2 Å². The van der Waals surface area contributed by atoms with Gasteiger partial charge in [-0.25, -0.2) is 41.5 Å². The van der Waals surface area contributed by atoms with E-state index >= 15 is 0 Å². The van der Waals surface area contributed by atoms with Crippen molar-refractivity contribution in [3.05, 3.63) is 140 Å². The highest BCUT2D eigenvalue weighted by atomic mass is 35.5. The molecular weight excluding hydrogens is 847 g/mol. The maximum atomic E-state index is 14.4. The van der Waals surface area contributed by atoms with Gasteiger partial charge in [-0.2, -0.15) is 0 Å². The SMILES string of the molecule is Cc1ccc(-c2csc(NC(=O)c3nc4cc(F)ccc4o3)c2C(=O)O)c(F)c1F.O=C(Nc1scc(-c2ccc(Cl)c(F)c2)c1C(=O)O)c1nc2cccc(F)c2o1. The van der Waals surface area contributed by atoms with Crippen LogP contribution in [0.25, 0.3) is 44.5 Å². The zero-order valence-electron chi connectivity index (χ0n) is 29.3. The summed E-state index contributed by atoms with van der Waals surface area (Å²) in [7, 11) is 0. The van der Waals surface area contributed by atoms with Gasteiger partial charge in [-0.1, -0.05) is 35.9 Å². The largest absolute Gasteiger partial charge is 0.478 e. The highest BCUT2D eigenvalue weighted by Crippen LogP contribution is 2.39. The van der Waals surface area contributed by atoms with E-state index in [9.17, 15) is 51.3 Å². The summed E-state index contributed by atoms with van der Waals surface area (Å²) >= 11 is 7.42. The summed E-state index contributed by atoms with van der Waals surface area (Å²) in [6.45, 7) is 1.38. The van der Waals surface area contributed by atoms with Crippen molar-refractivity contribution in [1.82, 2.24) is 9.97 Å². The first-order valence-electron chi connectivity index (χ1n) is 16.4. The zero-order chi connectivity index (χ0) is 42.3. The summed E-state index contributed by atoms with van der Waals surface area (Å²) in [6, 6.07) is 14.0. The van der Waals surface area contributed by atoms with Crippen molar-refractivity contribution >= 4 is 90.2 Å². The standard InChI is InChI=1S/C20H11F3N2O4S.C19H9ClF2N2O4S/c1-8-2-4-10(16(23)15(8)22)11-7-30-19(14(11)20(27)28)25-17(26)18-24-12-6-9(21)3-5-13(12)29-18;20-10-5-4-8(6-12(10)22)9-7-29-18(14(9)19(26)27)24-16(25)17-23-13-3-1-2-11(21)15(13)28-17/h2-7H,1H3,(H,25,26)(H,27,28);1-7H,(H,24,25)(H,26,27). The Kier molecular flexibility index (Phi) is 11.0. The number of fused-ring (bicyclic) bond motifs is 2. The number of amides is 2. The number of benzene rings is 4. The average molecular weight is 867 g/mol. The van der Waals surface area contributed by atoms with Crippen molar-refractivity contribution in [3.63, 3.8) is 0 Å². The maximum Gasteiger partial charge on any atom is 0.339 e. The van der Waals surface area contributed by atoms with Gasteiger partial charge in [0.1, 0.15) is 43.8 Å². The number of para-hydroxylation sites is 1. The Morgan fingerprint density at radius 1 is 0.678 bits per heavy atom. The molecule has 59 heavy (non-hydrogen) atoms. The number of hydrogen-bond donors (Lipinski definition) is 4. The fraction of sp³-hybridized carbons (Fsp3) is 0.0256. The fourth-order valence-corrected chi connectivity index (χ4v) is 7.60. The number of halogens is 6. The minimum atomic E-state index is -1.44. The molecular formula is C39H20ClF5N4O8S2. The number of carboxylic acid groups (broad SMARTS) is 2. The van der Waals surface area contributed by atoms with E-state index in [1.165, 1.54) is 60.1 Å². The zero-order valence-corrected chi connectivity index (χ0v) is 31.7. The van der Waals surface area contributed by atoms with Crippen LogP contribution in [-0.2, 0) is 0 Å². The molecule has 20 heteroatoms. The van der Waals surface area contributed by atoms with E-state index in [1.807, 2.05) is 0 Å². The lowest BCUT2D eigenvalue weighted by molar-refractivity contribution is 0.0688. The normalized spacial score (nSPS) is 11.0. The fourth-order valence-electron chi connectivity index (χ4n) is 5.58. The van der Waals surface area contributed by atoms with Crippen LogP contribution in [0, 0.1) is 36.0 Å². The van der Waals surface area contributed by atoms with E-state index in [2.05, 4.69) is 20.6 Å². The van der Waals surface area contributed by atoms with Crippen molar-refractivity contribution in [2.75, 3.05) is 10.6 Å². The van der Waals surface area contributed by atoms with E-state index in [0.717, 1.165) is 46.9 Å². The molecule has 4 aromatic heterocycles. The van der Waals surface area contributed by atoms with Crippen LogP contribution in [0.5, 0.6) is 0 Å². The number of carboxylic acids is 2. The molecule has 4 heterocycles. The molecule has 0 spiro atoms. The van der Waals surface area contributed by atoms with Crippen LogP contribution < -0.4 is 10.6 Å². The average Bonchev–Trinajstić information content (AvgIpc) is 4.00. The smallest absolute Gasteiger partial charge is 0.339 e. The Hall–Kier alpha value is -6.96. The summed E-state index contributed by atoms with van der Waals surface area (Å²) in [6.07, 6.45) is 0. The van der Waals surface area contributed by atoms with Gasteiger partial charge in [-0.3, -0.25) is 9.59 Å². The highest BCUT2D eigenvalue weighted by Gasteiger charge is 2.27. The molecule has 0 radical (unpaired) electrons. The third-order valence-corrected chi connectivity index (χ3v) is 10.5. The van der Waals surface area contributed by atoms with E-state index < -0.39 is 70.2 Å². The van der Waals surface area contributed by atoms with Gasteiger partial charge in [0, 0.05) is 33.5 Å². The van der Waals surface area contributed by atoms with E-state index in [0.29, 0.717) is 0 Å². The van der Waals surface area contributed by atoms with Crippen LogP contribution in [0.2, 0.25) is 5.02 Å². The second kappa shape index (κ2) is 16.1. The number of aromatic nitrogens is 2. The Morgan fingerprint density at radius 2 is 1.31 bits per heavy atom. The van der Waals surface area contributed by atoms with E-state index in [-0.39, 0.29) is 70.6 Å². The third kappa shape index (κ3) is 7.98. The number of carbonyl (C=O) groups excluding carboxylic acids is 2. The number of rotatable bonds is 8. The lowest BCUT2D eigenvalue weighted by atomic mass is 10.0. The number of thiophene rings is 2. The third-order valence-electron chi connectivity index (χ3n) is 8.37. The van der Waals surface area contributed by atoms with Crippen LogP contribution >= 0.6 is 34.3 Å². The first-order valence-corrected chi connectivity index (χ1v) is 18.6. The maximum absolute atomic E-state index is 14.4. The van der Waals surface area contributed by atoms with Crippen molar-refractivity contribution in [1.29, 1.82) is 0 Å². The second-order valence-electron chi connectivity index (χ2n) is 12.2. The van der Waals surface area contributed by atoms with Gasteiger partial charge in [-0.05, 0) is 54.4 Å². The lowest BCUT2D eigenvalue weighted by Gasteiger charge is -2.07. The van der Waals surface area contributed by atoms with Crippen molar-refractivity contribution in [2.45, 2.75) is 6.92 Å². The molecule has 2 amide bonds. The predicted molar refractivity (Wildman–Crippen MR) is 207 cm³/mol. The Labute approximate surface area is 339 Å². The van der Waals surface area contributed by atoms with Gasteiger partial charge in [0.15, 0.2) is 28.6 Å². The number of nitrogens with zero attached hydrogens (tertiary/aromatic N) is 2. The number of carbonyl (C=O) groups is 4. The molecule has 4 aromatic carbocycles. The lowest BCUT2D eigenvalue weighted by Crippen LogP contribution is -2.14. The second-order valence-corrected chi connectivity index (χ2v) is 14.3. The monoisotopic (exact) mass is 866 g/mol. The Morgan fingerprint density at radius 3 is 1.95 bits per heavy atom. The summed E-state index contributed by atoms with van der Waals surface area (Å²) in [5, 5.41) is 26.5. The molecule has 8 rings (SSSR count). The van der Waals surface area contributed by atoms with Gasteiger partial charge in [-0.15, -0.1) is 22.7 Å². The molecule has 0 saturated carbocycles. The summed E-state index contributed by atoms with van der Waals surface area (Å²) in [5.41, 5.74) is -0.150.